The fraction of sp³-hybridized carbons (Fsp3) is 0.621. The molecule has 0 spiro atoms. The number of aliphatic hydroxyl groups is 1. The summed E-state index contributed by atoms with van der Waals surface area (Å²) in [7, 11) is 0. The number of aliphatic hydroxyl groups excluding tert-OH is 1. The molecule has 2 aromatic rings. The van der Waals surface area contributed by atoms with Crippen molar-refractivity contribution in [2.24, 2.45) is 23.7 Å². The van der Waals surface area contributed by atoms with E-state index in [2.05, 4.69) is 27.8 Å². The van der Waals surface area contributed by atoms with Crippen LogP contribution in [-0.4, -0.2) is 51.5 Å². The molecule has 1 aromatic heterocycles. The van der Waals surface area contributed by atoms with Gasteiger partial charge in [-0.3, -0.25) is 14.7 Å². The van der Waals surface area contributed by atoms with Crippen molar-refractivity contribution in [3.05, 3.63) is 35.7 Å². The van der Waals surface area contributed by atoms with Gasteiger partial charge in [-0.15, -0.1) is 0 Å². The van der Waals surface area contributed by atoms with E-state index in [0.29, 0.717) is 23.9 Å². The Morgan fingerprint density at radius 1 is 1.08 bits per heavy atom. The average molecular weight is 509 g/mol. The standard InChI is InChI=1S/C29H40N4O4/c1-15(5-6-16(2)34)26-27(37-26)29(36)31-25(24(20-7-8-20)21-9-10-21)28(35)30-22-13-11-19(12-14-22)23-17(3)32-33-18(23)4/h11-16,20-21,24-27,34H,5-10H2,1-4H3,(H,30,35)(H,31,36)(H,32,33)/t15-,16-,25-,26?,27?/m0/s1. The van der Waals surface area contributed by atoms with Gasteiger partial charge in [-0.2, -0.15) is 5.10 Å². The number of epoxide rings is 1. The zero-order valence-electron chi connectivity index (χ0n) is 22.3. The molecule has 5 atom stereocenters. The second-order valence-electron chi connectivity index (χ2n) is 11.5. The van der Waals surface area contributed by atoms with Crippen molar-refractivity contribution in [2.45, 2.75) is 90.6 Å². The molecular formula is C29H40N4O4. The molecule has 0 radical (unpaired) electrons. The number of aryl methyl sites for hydroxylation is 2. The highest BCUT2D eigenvalue weighted by Crippen LogP contribution is 2.51. The third-order valence-electron chi connectivity index (χ3n) is 8.25. The second kappa shape index (κ2) is 10.6. The van der Waals surface area contributed by atoms with Crippen LogP contribution in [0.1, 0.15) is 63.8 Å². The summed E-state index contributed by atoms with van der Waals surface area (Å²) in [4.78, 5) is 26.8. The van der Waals surface area contributed by atoms with Crippen molar-refractivity contribution in [1.29, 1.82) is 0 Å². The third-order valence-corrected chi connectivity index (χ3v) is 8.25. The maximum absolute atomic E-state index is 13.6. The highest BCUT2D eigenvalue weighted by molar-refractivity contribution is 5.98. The molecule has 2 amide bonds. The summed E-state index contributed by atoms with van der Waals surface area (Å²) in [6.45, 7) is 7.80. The first kappa shape index (κ1) is 25.9. The lowest BCUT2D eigenvalue weighted by atomic mass is 9.88. The number of aromatic amines is 1. The smallest absolute Gasteiger partial charge is 0.252 e. The minimum absolute atomic E-state index is 0.148. The van der Waals surface area contributed by atoms with Crippen LogP contribution in [0.3, 0.4) is 0 Å². The Morgan fingerprint density at radius 3 is 2.27 bits per heavy atom. The molecule has 5 rings (SSSR count). The lowest BCUT2D eigenvalue weighted by Gasteiger charge is -2.27. The summed E-state index contributed by atoms with van der Waals surface area (Å²) in [5.41, 5.74) is 4.78. The molecule has 3 fully saturated rings. The fourth-order valence-electron chi connectivity index (χ4n) is 5.82. The maximum atomic E-state index is 13.6. The van der Waals surface area contributed by atoms with E-state index in [9.17, 15) is 14.7 Å². The Balaban J connectivity index is 1.26. The first-order valence-electron chi connectivity index (χ1n) is 13.8. The van der Waals surface area contributed by atoms with Gasteiger partial charge in [0.2, 0.25) is 5.91 Å². The van der Waals surface area contributed by atoms with Crippen LogP contribution in [0, 0.1) is 37.5 Å². The topological polar surface area (TPSA) is 120 Å². The normalized spacial score (nSPS) is 23.4. The van der Waals surface area contributed by atoms with Gasteiger partial charge in [0.15, 0.2) is 6.10 Å². The number of anilines is 1. The van der Waals surface area contributed by atoms with E-state index in [1.54, 1.807) is 6.92 Å². The number of carbonyl (C=O) groups is 2. The monoisotopic (exact) mass is 508 g/mol. The Morgan fingerprint density at radius 2 is 1.73 bits per heavy atom. The summed E-state index contributed by atoms with van der Waals surface area (Å²) in [5, 5.41) is 23.0. The van der Waals surface area contributed by atoms with Crippen molar-refractivity contribution in [2.75, 3.05) is 5.32 Å². The van der Waals surface area contributed by atoms with E-state index in [4.69, 9.17) is 4.74 Å². The molecule has 3 aliphatic rings. The number of benzene rings is 1. The van der Waals surface area contributed by atoms with Crippen LogP contribution in [-0.2, 0) is 14.3 Å². The highest BCUT2D eigenvalue weighted by atomic mass is 16.6. The Labute approximate surface area is 218 Å². The van der Waals surface area contributed by atoms with E-state index in [-0.39, 0.29) is 35.9 Å². The SMILES string of the molecule is Cc1n[nH]c(C)c1-c1ccc(NC(=O)[C@@H](NC(=O)C2OC2[C@@H](C)CC[C@H](C)O)C(C2CC2)C2CC2)cc1. The molecule has 1 saturated heterocycles. The van der Waals surface area contributed by atoms with E-state index < -0.39 is 12.1 Å². The summed E-state index contributed by atoms with van der Waals surface area (Å²) in [6, 6.07) is 7.23. The lowest BCUT2D eigenvalue weighted by Crippen LogP contribution is -2.51. The Hall–Kier alpha value is -2.71. The van der Waals surface area contributed by atoms with Crippen LogP contribution in [0.2, 0.25) is 0 Å². The zero-order chi connectivity index (χ0) is 26.3. The molecule has 4 N–H and O–H groups in total. The molecule has 1 aliphatic heterocycles. The lowest BCUT2D eigenvalue weighted by molar-refractivity contribution is -0.128. The van der Waals surface area contributed by atoms with Gasteiger partial charge in [-0.1, -0.05) is 19.1 Å². The Bertz CT molecular complexity index is 1090. The number of amides is 2. The van der Waals surface area contributed by atoms with Crippen molar-refractivity contribution < 1.29 is 19.4 Å². The predicted molar refractivity (Wildman–Crippen MR) is 142 cm³/mol. The minimum atomic E-state index is -0.567. The molecule has 37 heavy (non-hydrogen) atoms. The zero-order valence-corrected chi connectivity index (χ0v) is 22.3. The minimum Gasteiger partial charge on any atom is -0.393 e. The van der Waals surface area contributed by atoms with Gasteiger partial charge in [0, 0.05) is 16.9 Å². The average Bonchev–Trinajstić information content (AvgIpc) is 3.73. The van der Waals surface area contributed by atoms with Gasteiger partial charge in [-0.25, -0.2) is 0 Å². The van der Waals surface area contributed by atoms with Gasteiger partial charge in [0.25, 0.3) is 5.91 Å². The molecule has 2 aliphatic carbocycles. The quantitative estimate of drug-likeness (QED) is 0.322. The van der Waals surface area contributed by atoms with Crippen LogP contribution in [0.25, 0.3) is 11.1 Å². The molecule has 2 unspecified atom stereocenters. The number of ether oxygens (including phenoxy) is 1. The van der Waals surface area contributed by atoms with Crippen LogP contribution >= 0.6 is 0 Å². The summed E-state index contributed by atoms with van der Waals surface area (Å²) in [6.07, 6.45) is 4.96. The first-order chi connectivity index (χ1) is 17.7. The fourth-order valence-corrected chi connectivity index (χ4v) is 5.82. The first-order valence-corrected chi connectivity index (χ1v) is 13.8. The van der Waals surface area contributed by atoms with Crippen molar-refractivity contribution >= 4 is 17.5 Å². The molecule has 8 heteroatoms. The van der Waals surface area contributed by atoms with E-state index in [0.717, 1.165) is 54.6 Å². The Kier molecular flexibility index (Phi) is 7.41. The molecule has 2 saturated carbocycles. The van der Waals surface area contributed by atoms with Crippen LogP contribution in [0.15, 0.2) is 24.3 Å². The van der Waals surface area contributed by atoms with Crippen LogP contribution in [0.5, 0.6) is 0 Å². The van der Waals surface area contributed by atoms with E-state index in [1.165, 1.54) is 0 Å². The van der Waals surface area contributed by atoms with Crippen molar-refractivity contribution in [3.8, 4) is 11.1 Å². The van der Waals surface area contributed by atoms with Gasteiger partial charge in [0.1, 0.15) is 6.04 Å². The molecule has 0 bridgehead atoms. The second-order valence-corrected chi connectivity index (χ2v) is 11.5. The van der Waals surface area contributed by atoms with Gasteiger partial charge >= 0.3 is 0 Å². The summed E-state index contributed by atoms with van der Waals surface area (Å²) >= 11 is 0. The summed E-state index contributed by atoms with van der Waals surface area (Å²) in [5.74, 6) is 1.00. The molecule has 8 nitrogen and oxygen atoms in total. The predicted octanol–water partition coefficient (Wildman–Crippen LogP) is 4.12. The molecule has 2 heterocycles. The van der Waals surface area contributed by atoms with Crippen LogP contribution < -0.4 is 10.6 Å². The number of hydrogen-bond donors (Lipinski definition) is 4. The number of nitrogens with one attached hydrogen (secondary N) is 3. The van der Waals surface area contributed by atoms with E-state index in [1.807, 2.05) is 38.1 Å². The third kappa shape index (κ3) is 6.07. The van der Waals surface area contributed by atoms with E-state index >= 15 is 0 Å². The number of nitrogens with zero attached hydrogens (tertiary/aromatic N) is 1. The van der Waals surface area contributed by atoms with Crippen molar-refractivity contribution in [3.63, 3.8) is 0 Å². The number of rotatable bonds is 12. The maximum Gasteiger partial charge on any atom is 0.252 e. The molecular weight excluding hydrogens is 468 g/mol. The highest BCUT2D eigenvalue weighted by Gasteiger charge is 2.52. The number of H-pyrrole nitrogens is 1. The number of hydrogen-bond acceptors (Lipinski definition) is 5. The van der Waals surface area contributed by atoms with Gasteiger partial charge in [-0.05, 0) is 101 Å². The van der Waals surface area contributed by atoms with Crippen LogP contribution in [0.4, 0.5) is 5.69 Å². The molecule has 1 aromatic carbocycles. The number of carbonyl (C=O) groups excluding carboxylic acids is 2. The van der Waals surface area contributed by atoms with Crippen molar-refractivity contribution in [1.82, 2.24) is 15.5 Å². The molecule has 200 valence electrons. The van der Waals surface area contributed by atoms with Gasteiger partial charge in [0.05, 0.1) is 17.9 Å². The van der Waals surface area contributed by atoms with Gasteiger partial charge < -0.3 is 20.5 Å². The summed E-state index contributed by atoms with van der Waals surface area (Å²) < 4.78 is 5.74. The number of aromatic nitrogens is 2. The largest absolute Gasteiger partial charge is 0.393 e.